The predicted octanol–water partition coefficient (Wildman–Crippen LogP) is 2.48. The van der Waals surface area contributed by atoms with Crippen LogP contribution < -0.4 is 5.32 Å². The number of nitrogens with zero attached hydrogens (tertiary/aromatic N) is 2. The van der Waals surface area contributed by atoms with E-state index in [4.69, 9.17) is 5.11 Å². The number of carboxylic acids is 1. The van der Waals surface area contributed by atoms with Crippen LogP contribution >= 0.6 is 11.3 Å². The molecule has 0 saturated heterocycles. The highest BCUT2D eigenvalue weighted by Gasteiger charge is 2.31. The number of anilines is 1. The number of thiazole rings is 1. The third kappa shape index (κ3) is 2.34. The van der Waals surface area contributed by atoms with E-state index in [1.165, 1.54) is 36.8 Å². The van der Waals surface area contributed by atoms with Crippen LogP contribution in [0.25, 0.3) is 10.2 Å². The van der Waals surface area contributed by atoms with E-state index in [1.54, 1.807) is 6.07 Å². The fraction of sp³-hybridized carbons (Fsp3) is 0.273. The van der Waals surface area contributed by atoms with E-state index in [-0.39, 0.29) is 16.9 Å². The Morgan fingerprint density at radius 2 is 2.21 bits per heavy atom. The Balaban J connectivity index is 2.57. The molecule has 0 aliphatic rings. The number of nitrogens with one attached hydrogen (secondary N) is 1. The van der Waals surface area contributed by atoms with E-state index in [0.717, 1.165) is 0 Å². The molecule has 0 fully saturated rings. The smallest absolute Gasteiger partial charge is 0.328 e. The maximum atomic E-state index is 11.2. The molecule has 0 amide bonds. The molecule has 0 saturated carbocycles. The van der Waals surface area contributed by atoms with Gasteiger partial charge in [-0.1, -0.05) is 0 Å². The lowest BCUT2D eigenvalue weighted by Gasteiger charge is -2.22. The Labute approximate surface area is 112 Å². The number of benzene rings is 1. The van der Waals surface area contributed by atoms with Crippen LogP contribution in [-0.4, -0.2) is 26.5 Å². The highest BCUT2D eigenvalue weighted by atomic mass is 32.1. The average molecular weight is 281 g/mol. The number of carboxylic acid groups (broad SMARTS) is 1. The quantitative estimate of drug-likeness (QED) is 0.658. The maximum Gasteiger partial charge on any atom is 0.328 e. The Morgan fingerprint density at radius 3 is 2.79 bits per heavy atom. The van der Waals surface area contributed by atoms with E-state index in [0.29, 0.717) is 4.70 Å². The summed E-state index contributed by atoms with van der Waals surface area (Å²) in [6, 6.07) is 3.18. The number of aromatic nitrogens is 1. The third-order valence-corrected chi connectivity index (χ3v) is 3.43. The van der Waals surface area contributed by atoms with Gasteiger partial charge in [0.2, 0.25) is 0 Å². The standard InChI is InChI=1S/C11H11N3O4S/c1-11(2,10(15)16)13-6-3-4-7-8(12-5-19-7)9(6)14(17)18/h3-5,13H,1-2H3,(H,15,16). The van der Waals surface area contributed by atoms with E-state index in [1.807, 2.05) is 0 Å². The van der Waals surface area contributed by atoms with Gasteiger partial charge in [0, 0.05) is 0 Å². The minimum Gasteiger partial charge on any atom is -0.480 e. The molecule has 1 aromatic heterocycles. The number of nitro benzene ring substituents is 1. The number of carbonyl (C=O) groups is 1. The number of hydrogen-bond acceptors (Lipinski definition) is 6. The van der Waals surface area contributed by atoms with Crippen molar-refractivity contribution in [3.63, 3.8) is 0 Å². The second kappa shape index (κ2) is 4.47. The van der Waals surface area contributed by atoms with Crippen molar-refractivity contribution in [2.75, 3.05) is 5.32 Å². The van der Waals surface area contributed by atoms with Gasteiger partial charge in [-0.3, -0.25) is 10.1 Å². The minimum atomic E-state index is -1.31. The number of aliphatic carboxylic acids is 1. The van der Waals surface area contributed by atoms with Crippen molar-refractivity contribution in [3.05, 3.63) is 27.8 Å². The second-order valence-corrected chi connectivity index (χ2v) is 5.36. The van der Waals surface area contributed by atoms with Crippen molar-refractivity contribution >= 4 is 38.9 Å². The van der Waals surface area contributed by atoms with Gasteiger partial charge in [-0.15, -0.1) is 11.3 Å². The van der Waals surface area contributed by atoms with Crippen molar-refractivity contribution in [2.24, 2.45) is 0 Å². The molecule has 0 aliphatic carbocycles. The van der Waals surface area contributed by atoms with Crippen molar-refractivity contribution in [1.82, 2.24) is 4.98 Å². The summed E-state index contributed by atoms with van der Waals surface area (Å²) in [5, 5.41) is 22.9. The molecule has 8 heteroatoms. The summed E-state index contributed by atoms with van der Waals surface area (Å²) in [4.78, 5) is 25.7. The Hall–Kier alpha value is -2.22. The first kappa shape index (κ1) is 13.2. The van der Waals surface area contributed by atoms with Crippen molar-refractivity contribution in [3.8, 4) is 0 Å². The Bertz CT molecular complexity index is 665. The first-order chi connectivity index (χ1) is 8.83. The zero-order chi connectivity index (χ0) is 14.2. The number of nitro groups is 1. The lowest BCUT2D eigenvalue weighted by atomic mass is 10.1. The largest absolute Gasteiger partial charge is 0.480 e. The molecule has 0 spiro atoms. The Kier molecular flexibility index (Phi) is 3.11. The molecular formula is C11H11N3O4S. The highest BCUT2D eigenvalue weighted by molar-refractivity contribution is 7.16. The minimum absolute atomic E-state index is 0.149. The fourth-order valence-corrected chi connectivity index (χ4v) is 2.27. The summed E-state index contributed by atoms with van der Waals surface area (Å²) in [7, 11) is 0. The van der Waals surface area contributed by atoms with E-state index < -0.39 is 16.4 Å². The zero-order valence-corrected chi connectivity index (χ0v) is 11.0. The van der Waals surface area contributed by atoms with Gasteiger partial charge < -0.3 is 10.4 Å². The molecule has 100 valence electrons. The molecule has 2 N–H and O–H groups in total. The molecule has 2 rings (SSSR count). The molecular weight excluding hydrogens is 270 g/mol. The molecule has 0 aliphatic heterocycles. The van der Waals surface area contributed by atoms with Crippen LogP contribution in [0.3, 0.4) is 0 Å². The van der Waals surface area contributed by atoms with Crippen LogP contribution in [0.4, 0.5) is 11.4 Å². The SMILES string of the molecule is CC(C)(Nc1ccc2scnc2c1[N+](=O)[O-])C(=O)O. The molecule has 7 nitrogen and oxygen atoms in total. The zero-order valence-electron chi connectivity index (χ0n) is 10.2. The summed E-state index contributed by atoms with van der Waals surface area (Å²) < 4.78 is 0.686. The molecule has 0 unspecified atom stereocenters. The molecule has 2 aromatic rings. The van der Waals surface area contributed by atoms with Gasteiger partial charge in [-0.05, 0) is 26.0 Å². The topological polar surface area (TPSA) is 105 Å². The first-order valence-corrected chi connectivity index (χ1v) is 6.23. The summed E-state index contributed by atoms with van der Waals surface area (Å²) in [5.74, 6) is -1.10. The lowest BCUT2D eigenvalue weighted by molar-refractivity contribution is -0.382. The van der Waals surface area contributed by atoms with Gasteiger partial charge in [-0.25, -0.2) is 9.78 Å². The van der Waals surface area contributed by atoms with Crippen LogP contribution in [0.2, 0.25) is 0 Å². The van der Waals surface area contributed by atoms with Gasteiger partial charge in [0.1, 0.15) is 11.2 Å². The molecule has 1 aromatic carbocycles. The molecule has 0 atom stereocenters. The van der Waals surface area contributed by atoms with Crippen LogP contribution in [-0.2, 0) is 4.79 Å². The normalized spacial score (nSPS) is 11.5. The average Bonchev–Trinajstić information content (AvgIpc) is 2.75. The van der Waals surface area contributed by atoms with Gasteiger partial charge in [0.05, 0.1) is 15.1 Å². The second-order valence-electron chi connectivity index (χ2n) is 4.47. The first-order valence-electron chi connectivity index (χ1n) is 5.35. The summed E-state index contributed by atoms with van der Waals surface area (Å²) in [6.07, 6.45) is 0. The molecule has 19 heavy (non-hydrogen) atoms. The van der Waals surface area contributed by atoms with Gasteiger partial charge in [-0.2, -0.15) is 0 Å². The number of hydrogen-bond donors (Lipinski definition) is 2. The monoisotopic (exact) mass is 281 g/mol. The summed E-state index contributed by atoms with van der Waals surface area (Å²) >= 11 is 1.29. The number of fused-ring (bicyclic) bond motifs is 1. The van der Waals surface area contributed by atoms with Crippen molar-refractivity contribution < 1.29 is 14.8 Å². The maximum absolute atomic E-state index is 11.2. The lowest BCUT2D eigenvalue weighted by Crippen LogP contribution is -2.40. The van der Waals surface area contributed by atoms with Gasteiger partial charge in [0.25, 0.3) is 0 Å². The molecule has 0 bridgehead atoms. The number of rotatable bonds is 4. The predicted molar refractivity (Wildman–Crippen MR) is 71.6 cm³/mol. The third-order valence-electron chi connectivity index (χ3n) is 2.64. The van der Waals surface area contributed by atoms with E-state index in [2.05, 4.69) is 10.3 Å². The van der Waals surface area contributed by atoms with Gasteiger partial charge in [0.15, 0.2) is 5.52 Å². The van der Waals surface area contributed by atoms with Crippen molar-refractivity contribution in [2.45, 2.75) is 19.4 Å². The van der Waals surface area contributed by atoms with Crippen molar-refractivity contribution in [1.29, 1.82) is 0 Å². The van der Waals surface area contributed by atoms with Gasteiger partial charge >= 0.3 is 11.7 Å². The van der Waals surface area contributed by atoms with Crippen LogP contribution in [0, 0.1) is 10.1 Å². The van der Waals surface area contributed by atoms with E-state index >= 15 is 0 Å². The van der Waals surface area contributed by atoms with Crippen LogP contribution in [0.15, 0.2) is 17.6 Å². The highest BCUT2D eigenvalue weighted by Crippen LogP contribution is 2.35. The Morgan fingerprint density at radius 1 is 1.53 bits per heavy atom. The summed E-state index contributed by atoms with van der Waals surface area (Å²) in [6.45, 7) is 2.87. The fourth-order valence-electron chi connectivity index (χ4n) is 1.59. The summed E-state index contributed by atoms with van der Waals surface area (Å²) in [5.41, 5.74) is 0.420. The van der Waals surface area contributed by atoms with Crippen LogP contribution in [0.1, 0.15) is 13.8 Å². The van der Waals surface area contributed by atoms with E-state index in [9.17, 15) is 14.9 Å². The molecule has 1 heterocycles. The van der Waals surface area contributed by atoms with Crippen LogP contribution in [0.5, 0.6) is 0 Å². The molecule has 0 radical (unpaired) electrons.